The highest BCUT2D eigenvalue weighted by Crippen LogP contribution is 2.46. The summed E-state index contributed by atoms with van der Waals surface area (Å²) in [6, 6.07) is 87.8. The molecule has 0 radical (unpaired) electrons. The second kappa shape index (κ2) is 16.7. The van der Waals surface area contributed by atoms with Crippen LogP contribution >= 0.6 is 0 Å². The van der Waals surface area contributed by atoms with Crippen molar-refractivity contribution < 1.29 is 0 Å². The van der Waals surface area contributed by atoms with E-state index in [2.05, 4.69) is 190 Å². The summed E-state index contributed by atoms with van der Waals surface area (Å²) < 4.78 is 2.26. The zero-order valence-electron chi connectivity index (χ0n) is 38.8. The first-order valence-corrected chi connectivity index (χ1v) is 24.2. The molecule has 8 heteroatoms. The van der Waals surface area contributed by atoms with Crippen molar-refractivity contribution in [1.29, 1.82) is 5.26 Å². The maximum Gasteiger partial charge on any atom is 0.252 e. The molecule has 14 rings (SSSR count). The van der Waals surface area contributed by atoms with Crippen LogP contribution in [0.3, 0.4) is 0 Å². The molecule has 72 heavy (non-hydrogen) atoms. The highest BCUT2D eigenvalue weighted by Gasteiger charge is 2.43. The Bertz CT molecular complexity index is 3960. The van der Waals surface area contributed by atoms with Crippen LogP contribution in [-0.2, 0) is 0 Å². The molecule has 0 bridgehead atoms. The summed E-state index contributed by atoms with van der Waals surface area (Å²) in [6.07, 6.45) is 0. The van der Waals surface area contributed by atoms with Crippen LogP contribution < -0.4 is 26.2 Å². The number of nitrogens with zero attached hydrogens (tertiary/aromatic N) is 7. The van der Waals surface area contributed by atoms with Crippen molar-refractivity contribution >= 4 is 79.0 Å². The smallest absolute Gasteiger partial charge is 0.252 e. The molecule has 0 fully saturated rings. The third-order valence-corrected chi connectivity index (χ3v) is 14.2. The Morgan fingerprint density at radius 1 is 0.361 bits per heavy atom. The fourth-order valence-corrected chi connectivity index (χ4v) is 11.1. The van der Waals surface area contributed by atoms with Crippen molar-refractivity contribution in [2.24, 2.45) is 0 Å². The van der Waals surface area contributed by atoms with E-state index in [1.54, 1.807) is 0 Å². The van der Waals surface area contributed by atoms with Crippen LogP contribution in [0.2, 0.25) is 0 Å². The van der Waals surface area contributed by atoms with Crippen LogP contribution in [0.5, 0.6) is 0 Å². The van der Waals surface area contributed by atoms with Crippen LogP contribution in [-0.4, -0.2) is 26.2 Å². The standard InChI is InChI=1S/C64H40BN7/c66-41-46-37-49(34-35-50(46)64-68-62(42-19-5-1-6-20-42)67-63(69-64)43-21-7-2-8-22-43)72-55-30-16-13-27-51(55)52-38-44(33-36-56(52)72)45-39-59-61-60(40-45)71(48-25-11-4-12-26-48)58-32-18-15-29-54(58)65(61)53-28-14-17-31-57(53)70(59)47-23-9-3-10-24-47/h1-40H. The van der Waals surface area contributed by atoms with E-state index < -0.39 is 0 Å². The van der Waals surface area contributed by atoms with Crippen molar-refractivity contribution in [2.75, 3.05) is 9.80 Å². The molecule has 0 spiro atoms. The first-order chi connectivity index (χ1) is 35.7. The number of fused-ring (bicyclic) bond motifs is 7. The van der Waals surface area contributed by atoms with Crippen molar-refractivity contribution in [3.8, 4) is 57.0 Å². The third-order valence-electron chi connectivity index (χ3n) is 14.2. The van der Waals surface area contributed by atoms with Gasteiger partial charge in [0, 0.05) is 67.3 Å². The molecular weight excluding hydrogens is 878 g/mol. The minimum Gasteiger partial charge on any atom is -0.311 e. The summed E-state index contributed by atoms with van der Waals surface area (Å²) >= 11 is 0. The maximum atomic E-state index is 10.9. The van der Waals surface area contributed by atoms with Crippen LogP contribution in [0.15, 0.2) is 243 Å². The number of hydrogen-bond acceptors (Lipinski definition) is 6. The van der Waals surface area contributed by atoms with Gasteiger partial charge in [0.2, 0.25) is 0 Å². The predicted octanol–water partition coefficient (Wildman–Crippen LogP) is 13.6. The highest BCUT2D eigenvalue weighted by atomic mass is 15.2. The number of anilines is 6. The summed E-state index contributed by atoms with van der Waals surface area (Å²) in [6.45, 7) is 0.0310. The number of nitriles is 1. The summed E-state index contributed by atoms with van der Waals surface area (Å²) in [5, 5.41) is 13.1. The molecule has 4 heterocycles. The Balaban J connectivity index is 0.949. The average Bonchev–Trinajstić information content (AvgIpc) is 3.79. The van der Waals surface area contributed by atoms with Crippen molar-refractivity contribution in [3.05, 3.63) is 248 Å². The molecule has 0 N–H and O–H groups in total. The van der Waals surface area contributed by atoms with Crippen LogP contribution in [0.25, 0.3) is 72.8 Å². The van der Waals surface area contributed by atoms with E-state index in [0.717, 1.165) is 72.5 Å². The van der Waals surface area contributed by atoms with Gasteiger partial charge in [-0.25, -0.2) is 15.0 Å². The largest absolute Gasteiger partial charge is 0.311 e. The second-order valence-electron chi connectivity index (χ2n) is 18.3. The highest BCUT2D eigenvalue weighted by molar-refractivity contribution is 7.00. The maximum absolute atomic E-state index is 10.9. The Labute approximate surface area is 416 Å². The first kappa shape index (κ1) is 41.2. The molecule has 0 saturated heterocycles. The minimum atomic E-state index is 0.0310. The third kappa shape index (κ3) is 6.56. The van der Waals surface area contributed by atoms with Gasteiger partial charge in [-0.05, 0) is 112 Å². The molecule has 2 aliphatic rings. The minimum absolute atomic E-state index is 0.0310. The van der Waals surface area contributed by atoms with E-state index in [1.807, 2.05) is 72.8 Å². The number of benzene rings is 10. The first-order valence-electron chi connectivity index (χ1n) is 24.2. The van der Waals surface area contributed by atoms with Crippen LogP contribution in [0.1, 0.15) is 5.56 Å². The van der Waals surface area contributed by atoms with Gasteiger partial charge in [0.15, 0.2) is 17.5 Å². The number of aromatic nitrogens is 4. The van der Waals surface area contributed by atoms with Crippen LogP contribution in [0.4, 0.5) is 34.1 Å². The van der Waals surface area contributed by atoms with E-state index in [4.69, 9.17) is 15.0 Å². The molecule has 10 aromatic carbocycles. The molecule has 0 unspecified atom stereocenters. The van der Waals surface area contributed by atoms with Crippen molar-refractivity contribution in [3.63, 3.8) is 0 Å². The Morgan fingerprint density at radius 3 is 1.44 bits per heavy atom. The lowest BCUT2D eigenvalue weighted by Crippen LogP contribution is -2.61. The number of rotatable bonds is 7. The van der Waals surface area contributed by atoms with E-state index in [-0.39, 0.29) is 6.71 Å². The lowest BCUT2D eigenvalue weighted by atomic mass is 9.33. The van der Waals surface area contributed by atoms with Gasteiger partial charge in [-0.15, -0.1) is 0 Å². The molecule has 2 aromatic heterocycles. The Kier molecular flexibility index (Phi) is 9.54. The zero-order valence-corrected chi connectivity index (χ0v) is 38.8. The molecule has 2 aliphatic heterocycles. The van der Waals surface area contributed by atoms with E-state index in [9.17, 15) is 5.26 Å². The summed E-state index contributed by atoms with van der Waals surface area (Å²) in [4.78, 5) is 19.7. The monoisotopic (exact) mass is 917 g/mol. The fourth-order valence-electron chi connectivity index (χ4n) is 11.1. The van der Waals surface area contributed by atoms with Gasteiger partial charge >= 0.3 is 0 Å². The van der Waals surface area contributed by atoms with Crippen molar-refractivity contribution in [1.82, 2.24) is 19.5 Å². The molecule has 0 atom stereocenters. The lowest BCUT2D eigenvalue weighted by molar-refractivity contribution is 1.07. The average molecular weight is 918 g/mol. The normalized spacial score (nSPS) is 12.3. The van der Waals surface area contributed by atoms with Gasteiger partial charge < -0.3 is 14.4 Å². The summed E-state index contributed by atoms with van der Waals surface area (Å²) in [5.41, 5.74) is 18.7. The van der Waals surface area contributed by atoms with Crippen LogP contribution in [0, 0.1) is 11.3 Å². The molecule has 334 valence electrons. The molecule has 0 saturated carbocycles. The van der Waals surface area contributed by atoms with Crippen molar-refractivity contribution in [2.45, 2.75) is 0 Å². The number of para-hydroxylation sites is 5. The summed E-state index contributed by atoms with van der Waals surface area (Å²) in [5.74, 6) is 1.53. The SMILES string of the molecule is N#Cc1cc(-n2c3ccccc3c3cc(-c4cc5c6c(c4)N(c4ccccc4)c4ccccc4B6c4ccccc4N5c4ccccc4)ccc32)ccc1-c1nc(-c2ccccc2)nc(-c2ccccc2)n1. The predicted molar refractivity (Wildman–Crippen MR) is 295 cm³/mol. The van der Waals surface area contributed by atoms with Gasteiger partial charge in [-0.3, -0.25) is 0 Å². The topological polar surface area (TPSA) is 73.9 Å². The van der Waals surface area contributed by atoms with Gasteiger partial charge in [0.1, 0.15) is 0 Å². The van der Waals surface area contributed by atoms with E-state index in [1.165, 1.54) is 27.8 Å². The molecule has 7 nitrogen and oxygen atoms in total. The Morgan fingerprint density at radius 2 is 0.861 bits per heavy atom. The van der Waals surface area contributed by atoms with E-state index >= 15 is 0 Å². The second-order valence-corrected chi connectivity index (χ2v) is 18.3. The quantitative estimate of drug-likeness (QED) is 0.148. The van der Waals surface area contributed by atoms with Gasteiger partial charge in [0.25, 0.3) is 6.71 Å². The molecule has 0 amide bonds. The van der Waals surface area contributed by atoms with Gasteiger partial charge in [-0.2, -0.15) is 5.26 Å². The summed E-state index contributed by atoms with van der Waals surface area (Å²) in [7, 11) is 0. The molecule has 0 aliphatic carbocycles. The van der Waals surface area contributed by atoms with Gasteiger partial charge in [-0.1, -0.05) is 158 Å². The molecular formula is C64H40BN7. The molecule has 12 aromatic rings. The van der Waals surface area contributed by atoms with E-state index in [0.29, 0.717) is 28.6 Å². The fraction of sp³-hybridized carbons (Fsp3) is 0. The number of hydrogen-bond donors (Lipinski definition) is 0. The zero-order chi connectivity index (χ0) is 47.7. The Hall–Kier alpha value is -9.84. The van der Waals surface area contributed by atoms with Gasteiger partial charge in [0.05, 0.1) is 22.7 Å². The lowest BCUT2D eigenvalue weighted by Gasteiger charge is -2.44.